The van der Waals surface area contributed by atoms with Crippen LogP contribution in [0.25, 0.3) is 0 Å². The largest absolute Gasteiger partial charge is 0.481 e. The molecule has 1 heterocycles. The van der Waals surface area contributed by atoms with Crippen molar-refractivity contribution in [1.82, 2.24) is 15.0 Å². The molecule has 18 heavy (non-hydrogen) atoms. The Bertz CT molecular complexity index is 522. The summed E-state index contributed by atoms with van der Waals surface area (Å²) in [7, 11) is 0. The molecule has 0 bridgehead atoms. The van der Waals surface area contributed by atoms with Crippen LogP contribution < -0.4 is 0 Å². The molecule has 0 saturated heterocycles. The number of aliphatic carboxylic acids is 1. The maximum atomic E-state index is 10.5. The first-order valence-electron chi connectivity index (χ1n) is 5.84. The predicted molar refractivity (Wildman–Crippen MR) is 66.2 cm³/mol. The van der Waals surface area contributed by atoms with Gasteiger partial charge in [-0.3, -0.25) is 4.79 Å². The van der Waals surface area contributed by atoms with Gasteiger partial charge in [-0.25, -0.2) is 4.68 Å². The summed E-state index contributed by atoms with van der Waals surface area (Å²) in [5, 5.41) is 16.6. The summed E-state index contributed by atoms with van der Waals surface area (Å²) < 4.78 is 1.76. The number of carboxylic acid groups (broad SMARTS) is 1. The molecule has 2 aromatic rings. The van der Waals surface area contributed by atoms with Gasteiger partial charge in [-0.15, -0.1) is 5.10 Å². The molecule has 1 N–H and O–H groups in total. The van der Waals surface area contributed by atoms with E-state index in [2.05, 4.69) is 10.3 Å². The van der Waals surface area contributed by atoms with E-state index in [9.17, 15) is 4.79 Å². The zero-order valence-electron chi connectivity index (χ0n) is 10.2. The van der Waals surface area contributed by atoms with Gasteiger partial charge in [-0.2, -0.15) is 0 Å². The van der Waals surface area contributed by atoms with Gasteiger partial charge in [-0.05, 0) is 12.5 Å². The molecule has 1 atom stereocenters. The molecule has 5 nitrogen and oxygen atoms in total. The molecule has 0 amide bonds. The highest BCUT2D eigenvalue weighted by molar-refractivity contribution is 5.66. The van der Waals surface area contributed by atoms with Crippen molar-refractivity contribution in [2.45, 2.75) is 25.8 Å². The minimum absolute atomic E-state index is 0.0818. The second-order valence-corrected chi connectivity index (χ2v) is 4.17. The zero-order valence-corrected chi connectivity index (χ0v) is 10.2. The molecular weight excluding hydrogens is 230 g/mol. The lowest BCUT2D eigenvalue weighted by molar-refractivity contribution is -0.136. The fourth-order valence-electron chi connectivity index (χ4n) is 1.74. The second kappa shape index (κ2) is 5.44. The minimum Gasteiger partial charge on any atom is -0.481 e. The maximum absolute atomic E-state index is 10.5. The highest BCUT2D eigenvalue weighted by atomic mass is 16.4. The smallest absolute Gasteiger partial charge is 0.303 e. The van der Waals surface area contributed by atoms with Gasteiger partial charge in [0.1, 0.15) is 0 Å². The SMILES string of the molecule is CC(c1ccccc1)n1cc(CCC(=O)O)nn1. The lowest BCUT2D eigenvalue weighted by Crippen LogP contribution is -2.07. The first kappa shape index (κ1) is 12.3. The van der Waals surface area contributed by atoms with Crippen LogP contribution in [-0.4, -0.2) is 26.1 Å². The lowest BCUT2D eigenvalue weighted by atomic mass is 10.1. The maximum Gasteiger partial charge on any atom is 0.303 e. The molecule has 0 radical (unpaired) electrons. The Labute approximate surface area is 105 Å². The van der Waals surface area contributed by atoms with Crippen LogP contribution in [-0.2, 0) is 11.2 Å². The topological polar surface area (TPSA) is 68.0 Å². The highest BCUT2D eigenvalue weighted by Crippen LogP contribution is 2.16. The number of carbonyl (C=O) groups is 1. The molecule has 0 saturated carbocycles. The van der Waals surface area contributed by atoms with Crippen LogP contribution in [0.15, 0.2) is 36.5 Å². The number of hydrogen-bond acceptors (Lipinski definition) is 3. The average Bonchev–Trinajstić information content (AvgIpc) is 2.85. The summed E-state index contributed by atoms with van der Waals surface area (Å²) in [4.78, 5) is 10.5. The predicted octanol–water partition coefficient (Wildman–Crippen LogP) is 1.90. The molecule has 0 fully saturated rings. The van der Waals surface area contributed by atoms with Gasteiger partial charge in [-0.1, -0.05) is 35.5 Å². The van der Waals surface area contributed by atoms with E-state index in [1.54, 1.807) is 10.9 Å². The third kappa shape index (κ3) is 2.94. The van der Waals surface area contributed by atoms with Gasteiger partial charge in [0.25, 0.3) is 0 Å². The van der Waals surface area contributed by atoms with Gasteiger partial charge >= 0.3 is 5.97 Å². The van der Waals surface area contributed by atoms with Crippen molar-refractivity contribution in [1.29, 1.82) is 0 Å². The van der Waals surface area contributed by atoms with Crippen LogP contribution in [0.1, 0.15) is 30.6 Å². The monoisotopic (exact) mass is 245 g/mol. The van der Waals surface area contributed by atoms with E-state index in [4.69, 9.17) is 5.11 Å². The first-order valence-corrected chi connectivity index (χ1v) is 5.84. The Morgan fingerprint density at radius 3 is 2.78 bits per heavy atom. The molecular formula is C13H15N3O2. The quantitative estimate of drug-likeness (QED) is 0.873. The van der Waals surface area contributed by atoms with Crippen LogP contribution in [0.3, 0.4) is 0 Å². The summed E-state index contributed by atoms with van der Waals surface area (Å²) >= 11 is 0. The van der Waals surface area contributed by atoms with Crippen molar-refractivity contribution in [3.05, 3.63) is 47.8 Å². The standard InChI is InChI=1S/C13H15N3O2/c1-10(11-5-3-2-4-6-11)16-9-12(14-15-16)7-8-13(17)18/h2-6,9-10H,7-8H2,1H3,(H,17,18). The average molecular weight is 245 g/mol. The Hall–Kier alpha value is -2.17. The zero-order chi connectivity index (χ0) is 13.0. The number of rotatable bonds is 5. The van der Waals surface area contributed by atoms with Crippen molar-refractivity contribution in [2.75, 3.05) is 0 Å². The van der Waals surface area contributed by atoms with E-state index in [0.717, 1.165) is 5.56 Å². The van der Waals surface area contributed by atoms with Crippen LogP contribution in [0.5, 0.6) is 0 Å². The molecule has 1 aromatic carbocycles. The Morgan fingerprint density at radius 2 is 2.11 bits per heavy atom. The summed E-state index contributed by atoms with van der Waals surface area (Å²) in [6.07, 6.45) is 2.30. The Kier molecular flexibility index (Phi) is 3.72. The van der Waals surface area contributed by atoms with Crippen LogP contribution in [0.2, 0.25) is 0 Å². The van der Waals surface area contributed by atoms with Crippen LogP contribution >= 0.6 is 0 Å². The van der Waals surface area contributed by atoms with E-state index in [0.29, 0.717) is 12.1 Å². The summed E-state index contributed by atoms with van der Waals surface area (Å²) in [6, 6.07) is 10.1. The number of aromatic nitrogens is 3. The summed E-state index contributed by atoms with van der Waals surface area (Å²) in [6.45, 7) is 2.03. The molecule has 1 unspecified atom stereocenters. The van der Waals surface area contributed by atoms with Crippen LogP contribution in [0, 0.1) is 0 Å². The minimum atomic E-state index is -0.819. The van der Waals surface area contributed by atoms with Gasteiger partial charge in [0, 0.05) is 12.6 Å². The number of nitrogens with zero attached hydrogens (tertiary/aromatic N) is 3. The van der Waals surface area contributed by atoms with E-state index >= 15 is 0 Å². The Morgan fingerprint density at radius 1 is 1.39 bits per heavy atom. The number of carboxylic acids is 1. The lowest BCUT2D eigenvalue weighted by Gasteiger charge is -2.10. The summed E-state index contributed by atoms with van der Waals surface area (Å²) in [5.41, 5.74) is 1.85. The first-order chi connectivity index (χ1) is 8.66. The van der Waals surface area contributed by atoms with Gasteiger partial charge in [0.15, 0.2) is 0 Å². The molecule has 5 heteroatoms. The van der Waals surface area contributed by atoms with E-state index in [1.165, 1.54) is 0 Å². The molecule has 0 aliphatic heterocycles. The number of benzene rings is 1. The van der Waals surface area contributed by atoms with Gasteiger partial charge < -0.3 is 5.11 Å². The van der Waals surface area contributed by atoms with Crippen molar-refractivity contribution in [3.8, 4) is 0 Å². The van der Waals surface area contributed by atoms with Crippen LogP contribution in [0.4, 0.5) is 0 Å². The Balaban J connectivity index is 2.08. The van der Waals surface area contributed by atoms with E-state index in [-0.39, 0.29) is 12.5 Å². The second-order valence-electron chi connectivity index (χ2n) is 4.17. The van der Waals surface area contributed by atoms with Crippen molar-refractivity contribution < 1.29 is 9.90 Å². The summed E-state index contributed by atoms with van der Waals surface area (Å²) in [5.74, 6) is -0.819. The fraction of sp³-hybridized carbons (Fsp3) is 0.308. The normalized spacial score (nSPS) is 12.3. The van der Waals surface area contributed by atoms with Gasteiger partial charge in [0.2, 0.25) is 0 Å². The molecule has 0 aliphatic carbocycles. The highest BCUT2D eigenvalue weighted by Gasteiger charge is 2.10. The van der Waals surface area contributed by atoms with Crippen molar-refractivity contribution >= 4 is 5.97 Å². The number of hydrogen-bond donors (Lipinski definition) is 1. The van der Waals surface area contributed by atoms with E-state index in [1.807, 2.05) is 37.3 Å². The molecule has 1 aromatic heterocycles. The molecule has 94 valence electrons. The van der Waals surface area contributed by atoms with Crippen molar-refractivity contribution in [3.63, 3.8) is 0 Å². The van der Waals surface area contributed by atoms with E-state index < -0.39 is 5.97 Å². The molecule has 0 spiro atoms. The van der Waals surface area contributed by atoms with Gasteiger partial charge in [0.05, 0.1) is 18.2 Å². The number of aryl methyl sites for hydroxylation is 1. The molecule has 0 aliphatic rings. The third-order valence-corrected chi connectivity index (χ3v) is 2.83. The molecule has 2 rings (SSSR count). The third-order valence-electron chi connectivity index (χ3n) is 2.83. The van der Waals surface area contributed by atoms with Crippen molar-refractivity contribution in [2.24, 2.45) is 0 Å². The fourth-order valence-corrected chi connectivity index (χ4v) is 1.74.